The summed E-state index contributed by atoms with van der Waals surface area (Å²) in [6.07, 6.45) is 5.48. The molecular weight excluding hydrogens is 380 g/mol. The largest absolute Gasteiger partial charge is 0.349 e. The van der Waals surface area contributed by atoms with E-state index in [0.717, 1.165) is 31.2 Å². The van der Waals surface area contributed by atoms with Crippen LogP contribution in [0.3, 0.4) is 0 Å². The highest BCUT2D eigenvalue weighted by Crippen LogP contribution is 2.19. The molecule has 0 bridgehead atoms. The summed E-state index contributed by atoms with van der Waals surface area (Å²) in [5.74, 6) is -0.442. The first-order valence-electron chi connectivity index (χ1n) is 10.2. The zero-order valence-electron chi connectivity index (χ0n) is 16.9. The number of fused-ring (bicyclic) bond motifs is 1. The number of hydrogen-bond acceptors (Lipinski definition) is 4. The fraction of sp³-hybridized carbons (Fsp3) is 0.304. The zero-order valence-corrected chi connectivity index (χ0v) is 16.9. The summed E-state index contributed by atoms with van der Waals surface area (Å²) in [5.41, 5.74) is 2.79. The number of para-hydroxylation sites is 1. The highest BCUT2D eigenvalue weighted by atomic mass is 16.2. The molecule has 1 aromatic heterocycles. The molecule has 2 amide bonds. The molecule has 2 aromatic carbocycles. The zero-order chi connectivity index (χ0) is 21.1. The highest BCUT2D eigenvalue weighted by Gasteiger charge is 2.19. The number of aromatic nitrogens is 2. The van der Waals surface area contributed by atoms with Gasteiger partial charge in [-0.1, -0.05) is 31.0 Å². The molecule has 1 aliphatic carbocycles. The smallest absolute Gasteiger partial charge is 0.269 e. The van der Waals surface area contributed by atoms with Crippen LogP contribution in [0.15, 0.2) is 53.5 Å². The predicted molar refractivity (Wildman–Crippen MR) is 116 cm³/mol. The summed E-state index contributed by atoms with van der Waals surface area (Å²) in [6, 6.07) is 12.7. The molecule has 0 unspecified atom stereocenters. The van der Waals surface area contributed by atoms with Gasteiger partial charge in [0.1, 0.15) is 6.54 Å². The Balaban J connectivity index is 1.56. The third kappa shape index (κ3) is 4.25. The van der Waals surface area contributed by atoms with Crippen molar-refractivity contribution in [3.05, 3.63) is 70.1 Å². The molecule has 154 valence electrons. The quantitative estimate of drug-likeness (QED) is 0.684. The van der Waals surface area contributed by atoms with Gasteiger partial charge in [-0.3, -0.25) is 19.0 Å². The summed E-state index contributed by atoms with van der Waals surface area (Å²) in [7, 11) is 0. The van der Waals surface area contributed by atoms with Gasteiger partial charge in [-0.05, 0) is 49.6 Å². The second-order valence-corrected chi connectivity index (χ2v) is 7.70. The van der Waals surface area contributed by atoms with Crippen LogP contribution in [0.5, 0.6) is 0 Å². The van der Waals surface area contributed by atoms with Gasteiger partial charge < -0.3 is 10.6 Å². The number of aryl methyl sites for hydroxylation is 1. The lowest BCUT2D eigenvalue weighted by Crippen LogP contribution is -2.32. The highest BCUT2D eigenvalue weighted by molar-refractivity contribution is 5.98. The Morgan fingerprint density at radius 2 is 1.90 bits per heavy atom. The van der Waals surface area contributed by atoms with E-state index in [2.05, 4.69) is 15.6 Å². The van der Waals surface area contributed by atoms with Crippen LogP contribution in [0.4, 0.5) is 5.69 Å². The van der Waals surface area contributed by atoms with Gasteiger partial charge in [0, 0.05) is 17.3 Å². The number of hydrogen-bond donors (Lipinski definition) is 2. The van der Waals surface area contributed by atoms with Crippen molar-refractivity contribution in [3.63, 3.8) is 0 Å². The van der Waals surface area contributed by atoms with Crippen LogP contribution in [0.25, 0.3) is 11.0 Å². The van der Waals surface area contributed by atoms with Crippen LogP contribution in [0.1, 0.15) is 41.6 Å². The molecule has 0 radical (unpaired) electrons. The van der Waals surface area contributed by atoms with Crippen LogP contribution >= 0.6 is 0 Å². The Kier molecular flexibility index (Phi) is 5.61. The Bertz CT molecular complexity index is 1160. The Morgan fingerprint density at radius 1 is 1.13 bits per heavy atom. The van der Waals surface area contributed by atoms with Crippen molar-refractivity contribution in [1.82, 2.24) is 14.9 Å². The maximum Gasteiger partial charge on any atom is 0.269 e. The molecule has 1 fully saturated rings. The van der Waals surface area contributed by atoms with Crippen molar-refractivity contribution in [2.45, 2.75) is 45.2 Å². The maximum atomic E-state index is 12.5. The number of carbonyl (C=O) groups is 2. The molecule has 1 aliphatic rings. The third-order valence-electron chi connectivity index (χ3n) is 5.52. The van der Waals surface area contributed by atoms with E-state index in [-0.39, 0.29) is 30.0 Å². The molecule has 0 atom stereocenters. The fourth-order valence-electron chi connectivity index (χ4n) is 3.86. The van der Waals surface area contributed by atoms with Crippen LogP contribution in [0, 0.1) is 6.92 Å². The summed E-state index contributed by atoms with van der Waals surface area (Å²) in [4.78, 5) is 41.6. The number of nitrogens with zero attached hydrogens (tertiary/aromatic N) is 2. The first-order chi connectivity index (χ1) is 14.5. The molecule has 3 aromatic rings. The Labute approximate surface area is 174 Å². The molecule has 0 spiro atoms. The minimum atomic E-state index is -0.370. The molecule has 0 aliphatic heterocycles. The first kappa shape index (κ1) is 19.8. The summed E-state index contributed by atoms with van der Waals surface area (Å²) in [5, 5.41) is 5.89. The number of nitrogens with one attached hydrogen (secondary N) is 2. The number of benzene rings is 2. The Hall–Kier alpha value is -3.48. The van der Waals surface area contributed by atoms with Crippen LogP contribution < -0.4 is 16.2 Å². The van der Waals surface area contributed by atoms with Crippen molar-refractivity contribution in [2.24, 2.45) is 0 Å². The molecule has 7 heteroatoms. The van der Waals surface area contributed by atoms with E-state index in [0.29, 0.717) is 22.3 Å². The van der Waals surface area contributed by atoms with Gasteiger partial charge >= 0.3 is 0 Å². The third-order valence-corrected chi connectivity index (χ3v) is 5.52. The van der Waals surface area contributed by atoms with Gasteiger partial charge in [0.25, 0.3) is 11.5 Å². The average Bonchev–Trinajstić information content (AvgIpc) is 3.24. The van der Waals surface area contributed by atoms with E-state index in [4.69, 9.17) is 0 Å². The molecule has 1 saturated carbocycles. The van der Waals surface area contributed by atoms with Crippen LogP contribution in [-0.4, -0.2) is 27.4 Å². The second-order valence-electron chi connectivity index (χ2n) is 7.70. The minimum Gasteiger partial charge on any atom is -0.349 e. The lowest BCUT2D eigenvalue weighted by atomic mass is 10.1. The van der Waals surface area contributed by atoms with Gasteiger partial charge in [-0.2, -0.15) is 0 Å². The molecule has 1 heterocycles. The van der Waals surface area contributed by atoms with Crippen molar-refractivity contribution < 1.29 is 9.59 Å². The van der Waals surface area contributed by atoms with Gasteiger partial charge in [-0.15, -0.1) is 0 Å². The monoisotopic (exact) mass is 404 g/mol. The molecular formula is C23H24N4O3. The van der Waals surface area contributed by atoms with Gasteiger partial charge in [0.05, 0.1) is 17.2 Å². The first-order valence-corrected chi connectivity index (χ1v) is 10.2. The van der Waals surface area contributed by atoms with Gasteiger partial charge in [-0.25, -0.2) is 4.98 Å². The number of carbonyl (C=O) groups excluding carboxylic acids is 2. The molecule has 30 heavy (non-hydrogen) atoms. The van der Waals surface area contributed by atoms with E-state index in [1.54, 1.807) is 18.2 Å². The molecule has 4 rings (SSSR count). The summed E-state index contributed by atoms with van der Waals surface area (Å²) >= 11 is 0. The number of amides is 2. The minimum absolute atomic E-state index is 0.138. The normalized spacial score (nSPS) is 14.0. The number of rotatable bonds is 5. The van der Waals surface area contributed by atoms with E-state index in [1.165, 1.54) is 10.8 Å². The van der Waals surface area contributed by atoms with E-state index < -0.39 is 0 Å². The summed E-state index contributed by atoms with van der Waals surface area (Å²) < 4.78 is 1.37. The standard InChI is InChI=1S/C23H24N4O3/c1-15-6-2-5-9-18(15)26-21(28)14-27-20-11-10-16(12-19(20)24-13-22(27)29)23(30)25-17-7-3-4-8-17/h2,5-6,9-13,17H,3-4,7-8,14H2,1H3,(H,25,30)(H,26,28). The van der Waals surface area contributed by atoms with Gasteiger partial charge in [0.2, 0.25) is 5.91 Å². The van der Waals surface area contributed by atoms with Crippen molar-refractivity contribution in [2.75, 3.05) is 5.32 Å². The molecule has 2 N–H and O–H groups in total. The van der Waals surface area contributed by atoms with Crippen molar-refractivity contribution in [3.8, 4) is 0 Å². The lowest BCUT2D eigenvalue weighted by molar-refractivity contribution is -0.116. The maximum absolute atomic E-state index is 12.5. The second kappa shape index (κ2) is 8.49. The van der Waals surface area contributed by atoms with Crippen LogP contribution in [-0.2, 0) is 11.3 Å². The molecule has 7 nitrogen and oxygen atoms in total. The number of anilines is 1. The average molecular weight is 404 g/mol. The van der Waals surface area contributed by atoms with E-state index in [1.807, 2.05) is 31.2 Å². The summed E-state index contributed by atoms with van der Waals surface area (Å²) in [6.45, 7) is 1.77. The lowest BCUT2D eigenvalue weighted by Gasteiger charge is -2.14. The van der Waals surface area contributed by atoms with E-state index >= 15 is 0 Å². The van der Waals surface area contributed by atoms with Gasteiger partial charge in [0.15, 0.2) is 0 Å². The topological polar surface area (TPSA) is 93.1 Å². The predicted octanol–water partition coefficient (Wildman–Crippen LogP) is 3.02. The van der Waals surface area contributed by atoms with Crippen LogP contribution in [0.2, 0.25) is 0 Å². The van der Waals surface area contributed by atoms with E-state index in [9.17, 15) is 14.4 Å². The Morgan fingerprint density at radius 3 is 2.67 bits per heavy atom. The fourth-order valence-corrected chi connectivity index (χ4v) is 3.86. The SMILES string of the molecule is Cc1ccccc1NC(=O)Cn1c(=O)cnc2cc(C(=O)NC3CCCC3)ccc21. The molecule has 0 saturated heterocycles. The van der Waals surface area contributed by atoms with Crippen molar-refractivity contribution >= 4 is 28.5 Å². The van der Waals surface area contributed by atoms with Crippen molar-refractivity contribution in [1.29, 1.82) is 0 Å².